The summed E-state index contributed by atoms with van der Waals surface area (Å²) in [5, 5.41) is 10.1. The van der Waals surface area contributed by atoms with Crippen LogP contribution in [0.2, 0.25) is 0 Å². The second-order valence-electron chi connectivity index (χ2n) is 5.14. The van der Waals surface area contributed by atoms with Crippen LogP contribution in [0.3, 0.4) is 0 Å². The standard InChI is InChI=1S/C19H18N2O2/c1-23-19-10-9-17(12-18(19)22)21(16-7-3-2-4-8-16)14-15-6-5-11-20-13-15/h2-13,22H,14H2,1H3. The van der Waals surface area contributed by atoms with Crippen molar-refractivity contribution < 1.29 is 9.84 Å². The summed E-state index contributed by atoms with van der Waals surface area (Å²) in [6, 6.07) is 19.4. The zero-order valence-corrected chi connectivity index (χ0v) is 12.9. The van der Waals surface area contributed by atoms with Crippen molar-refractivity contribution in [2.24, 2.45) is 0 Å². The van der Waals surface area contributed by atoms with Gasteiger partial charge in [0.1, 0.15) is 0 Å². The van der Waals surface area contributed by atoms with E-state index >= 15 is 0 Å². The number of benzene rings is 2. The maximum atomic E-state index is 10.1. The molecule has 0 aliphatic heterocycles. The van der Waals surface area contributed by atoms with Crippen LogP contribution >= 0.6 is 0 Å². The van der Waals surface area contributed by atoms with E-state index in [-0.39, 0.29) is 5.75 Å². The van der Waals surface area contributed by atoms with Crippen LogP contribution in [0.4, 0.5) is 11.4 Å². The van der Waals surface area contributed by atoms with Gasteiger partial charge in [-0.25, -0.2) is 0 Å². The highest BCUT2D eigenvalue weighted by atomic mass is 16.5. The molecule has 0 aliphatic carbocycles. The smallest absolute Gasteiger partial charge is 0.160 e. The monoisotopic (exact) mass is 306 g/mol. The average Bonchev–Trinajstić information content (AvgIpc) is 2.61. The fraction of sp³-hybridized carbons (Fsp3) is 0.105. The van der Waals surface area contributed by atoms with E-state index < -0.39 is 0 Å². The number of hydrogen-bond donors (Lipinski definition) is 1. The minimum atomic E-state index is 0.122. The number of phenolic OH excluding ortho intramolecular Hbond substituents is 1. The molecule has 0 unspecified atom stereocenters. The number of pyridine rings is 1. The third kappa shape index (κ3) is 3.43. The lowest BCUT2D eigenvalue weighted by atomic mass is 10.2. The number of aromatic hydroxyl groups is 1. The second-order valence-corrected chi connectivity index (χ2v) is 5.14. The number of aromatic nitrogens is 1. The molecule has 0 amide bonds. The Bertz CT molecular complexity index is 761. The number of phenols is 1. The van der Waals surface area contributed by atoms with E-state index in [1.807, 2.05) is 54.7 Å². The first kappa shape index (κ1) is 14.9. The van der Waals surface area contributed by atoms with Crippen LogP contribution in [0, 0.1) is 0 Å². The molecule has 0 spiro atoms. The van der Waals surface area contributed by atoms with Crippen LogP contribution in [0.15, 0.2) is 73.1 Å². The number of nitrogens with zero attached hydrogens (tertiary/aromatic N) is 2. The highest BCUT2D eigenvalue weighted by molar-refractivity contribution is 5.66. The molecule has 1 N–H and O–H groups in total. The Hall–Kier alpha value is -3.01. The number of rotatable bonds is 5. The fourth-order valence-corrected chi connectivity index (χ4v) is 2.46. The molecule has 1 heterocycles. The molecular formula is C19H18N2O2. The fourth-order valence-electron chi connectivity index (χ4n) is 2.46. The lowest BCUT2D eigenvalue weighted by molar-refractivity contribution is 0.373. The van der Waals surface area contributed by atoms with Gasteiger partial charge in [-0.2, -0.15) is 0 Å². The second kappa shape index (κ2) is 6.83. The summed E-state index contributed by atoms with van der Waals surface area (Å²) < 4.78 is 5.13. The lowest BCUT2D eigenvalue weighted by Gasteiger charge is -2.25. The predicted octanol–water partition coefficient (Wildman–Crippen LogP) is 4.13. The van der Waals surface area contributed by atoms with Crippen LogP contribution in [-0.2, 0) is 6.54 Å². The van der Waals surface area contributed by atoms with E-state index in [9.17, 15) is 5.11 Å². The summed E-state index contributed by atoms with van der Waals surface area (Å²) in [5.74, 6) is 0.584. The van der Waals surface area contributed by atoms with Crippen LogP contribution < -0.4 is 9.64 Å². The summed E-state index contributed by atoms with van der Waals surface area (Å²) in [5.41, 5.74) is 3.02. The molecule has 0 radical (unpaired) electrons. The van der Waals surface area contributed by atoms with Gasteiger partial charge in [0.15, 0.2) is 11.5 Å². The molecule has 0 aliphatic rings. The average molecular weight is 306 g/mol. The summed E-state index contributed by atoms with van der Waals surface area (Å²) in [7, 11) is 1.54. The Morgan fingerprint density at radius 2 is 1.83 bits per heavy atom. The van der Waals surface area contributed by atoms with Gasteiger partial charge < -0.3 is 14.7 Å². The van der Waals surface area contributed by atoms with E-state index in [1.165, 1.54) is 0 Å². The first-order chi connectivity index (χ1) is 11.3. The normalized spacial score (nSPS) is 10.3. The Kier molecular flexibility index (Phi) is 4.43. The highest BCUT2D eigenvalue weighted by Crippen LogP contribution is 2.34. The van der Waals surface area contributed by atoms with Gasteiger partial charge in [-0.3, -0.25) is 4.98 Å². The first-order valence-electron chi connectivity index (χ1n) is 7.36. The van der Waals surface area contributed by atoms with Gasteiger partial charge in [0.25, 0.3) is 0 Å². The first-order valence-corrected chi connectivity index (χ1v) is 7.36. The molecule has 3 aromatic rings. The topological polar surface area (TPSA) is 45.6 Å². The Morgan fingerprint density at radius 3 is 2.48 bits per heavy atom. The van der Waals surface area contributed by atoms with Crippen LogP contribution in [0.5, 0.6) is 11.5 Å². The Balaban J connectivity index is 2.00. The van der Waals surface area contributed by atoms with Gasteiger partial charge >= 0.3 is 0 Å². The van der Waals surface area contributed by atoms with Crippen LogP contribution in [0.25, 0.3) is 0 Å². The molecule has 0 saturated heterocycles. The molecule has 2 aromatic carbocycles. The van der Waals surface area contributed by atoms with Crippen molar-refractivity contribution in [1.82, 2.24) is 4.98 Å². The molecule has 0 saturated carbocycles. The maximum absolute atomic E-state index is 10.1. The van der Waals surface area contributed by atoms with E-state index in [0.29, 0.717) is 12.3 Å². The number of methoxy groups -OCH3 is 1. The molecule has 0 fully saturated rings. The lowest BCUT2D eigenvalue weighted by Crippen LogP contribution is -2.16. The van der Waals surface area contributed by atoms with Crippen molar-refractivity contribution in [3.8, 4) is 11.5 Å². The van der Waals surface area contributed by atoms with E-state index in [2.05, 4.69) is 9.88 Å². The van der Waals surface area contributed by atoms with Crippen molar-refractivity contribution in [1.29, 1.82) is 0 Å². The zero-order chi connectivity index (χ0) is 16.1. The van der Waals surface area contributed by atoms with Gasteiger partial charge in [-0.05, 0) is 35.9 Å². The number of ether oxygens (including phenoxy) is 1. The quantitative estimate of drug-likeness (QED) is 0.769. The van der Waals surface area contributed by atoms with Gasteiger partial charge in [0.05, 0.1) is 7.11 Å². The molecule has 0 atom stereocenters. The molecule has 1 aromatic heterocycles. The minimum absolute atomic E-state index is 0.122. The van der Waals surface area contributed by atoms with Crippen LogP contribution in [0.1, 0.15) is 5.56 Å². The number of hydrogen-bond acceptors (Lipinski definition) is 4. The highest BCUT2D eigenvalue weighted by Gasteiger charge is 2.12. The van der Waals surface area contributed by atoms with Crippen molar-refractivity contribution in [2.75, 3.05) is 12.0 Å². The van der Waals surface area contributed by atoms with E-state index in [4.69, 9.17) is 4.74 Å². The molecule has 4 heteroatoms. The van der Waals surface area contributed by atoms with Gasteiger partial charge in [-0.1, -0.05) is 24.3 Å². The Morgan fingerprint density at radius 1 is 1.00 bits per heavy atom. The zero-order valence-electron chi connectivity index (χ0n) is 12.9. The van der Waals surface area contributed by atoms with Crippen molar-refractivity contribution >= 4 is 11.4 Å². The summed E-state index contributed by atoms with van der Waals surface area (Å²) >= 11 is 0. The predicted molar refractivity (Wildman–Crippen MR) is 91.2 cm³/mol. The van der Waals surface area contributed by atoms with Crippen molar-refractivity contribution in [2.45, 2.75) is 6.54 Å². The van der Waals surface area contributed by atoms with Crippen molar-refractivity contribution in [3.63, 3.8) is 0 Å². The van der Waals surface area contributed by atoms with Crippen LogP contribution in [-0.4, -0.2) is 17.2 Å². The maximum Gasteiger partial charge on any atom is 0.160 e. The molecule has 4 nitrogen and oxygen atoms in total. The minimum Gasteiger partial charge on any atom is -0.504 e. The van der Waals surface area contributed by atoms with Gasteiger partial charge in [0, 0.05) is 36.4 Å². The van der Waals surface area contributed by atoms with Gasteiger partial charge in [-0.15, -0.1) is 0 Å². The third-order valence-electron chi connectivity index (χ3n) is 3.61. The largest absolute Gasteiger partial charge is 0.504 e. The summed E-state index contributed by atoms with van der Waals surface area (Å²) in [4.78, 5) is 6.30. The third-order valence-corrected chi connectivity index (χ3v) is 3.61. The number of para-hydroxylation sites is 1. The van der Waals surface area contributed by atoms with Crippen molar-refractivity contribution in [3.05, 3.63) is 78.6 Å². The summed E-state index contributed by atoms with van der Waals surface area (Å²) in [6.07, 6.45) is 3.61. The molecule has 23 heavy (non-hydrogen) atoms. The molecular weight excluding hydrogens is 288 g/mol. The molecule has 3 rings (SSSR count). The molecule has 116 valence electrons. The van der Waals surface area contributed by atoms with Gasteiger partial charge in [0.2, 0.25) is 0 Å². The molecule has 0 bridgehead atoms. The summed E-state index contributed by atoms with van der Waals surface area (Å²) in [6.45, 7) is 0.656. The number of anilines is 2. The Labute approximate surface area is 135 Å². The SMILES string of the molecule is COc1ccc(N(Cc2cccnc2)c2ccccc2)cc1O. The van der Waals surface area contributed by atoms with E-state index in [1.54, 1.807) is 25.4 Å². The van der Waals surface area contributed by atoms with E-state index in [0.717, 1.165) is 16.9 Å².